The van der Waals surface area contributed by atoms with Crippen molar-refractivity contribution in [2.45, 2.75) is 13.3 Å². The second-order valence-corrected chi connectivity index (χ2v) is 6.73. The molecule has 0 aliphatic carbocycles. The van der Waals surface area contributed by atoms with Crippen LogP contribution in [-0.2, 0) is 11.2 Å². The lowest BCUT2D eigenvalue weighted by atomic mass is 10.1. The Morgan fingerprint density at radius 3 is 2.40 bits per heavy atom. The molecule has 0 unspecified atom stereocenters. The highest BCUT2D eigenvalue weighted by Gasteiger charge is 2.18. The van der Waals surface area contributed by atoms with Crippen molar-refractivity contribution < 1.29 is 4.79 Å². The number of carbonyl (C=O) groups is 1. The second-order valence-electron chi connectivity index (χ2n) is 6.29. The summed E-state index contributed by atoms with van der Waals surface area (Å²) in [4.78, 5) is 17.2. The SMILES string of the molecule is CCN1CCN(c2ccccc2NC(=O)Cc2ccc(Cl)cc2)CC1. The maximum absolute atomic E-state index is 12.4. The van der Waals surface area contributed by atoms with Crippen LogP contribution in [0.1, 0.15) is 12.5 Å². The molecule has 132 valence electrons. The molecule has 0 radical (unpaired) electrons. The van der Waals surface area contributed by atoms with E-state index in [1.54, 1.807) is 0 Å². The Kier molecular flexibility index (Phi) is 5.95. The van der Waals surface area contributed by atoms with Crippen LogP contribution >= 0.6 is 11.6 Å². The summed E-state index contributed by atoms with van der Waals surface area (Å²) >= 11 is 5.90. The lowest BCUT2D eigenvalue weighted by molar-refractivity contribution is -0.115. The minimum Gasteiger partial charge on any atom is -0.367 e. The molecule has 1 fully saturated rings. The van der Waals surface area contributed by atoms with E-state index in [9.17, 15) is 4.79 Å². The predicted molar refractivity (Wildman–Crippen MR) is 105 cm³/mol. The van der Waals surface area contributed by atoms with Crippen LogP contribution in [0.5, 0.6) is 0 Å². The van der Waals surface area contributed by atoms with Crippen LogP contribution in [0.2, 0.25) is 5.02 Å². The number of nitrogens with one attached hydrogen (secondary N) is 1. The molecule has 2 aromatic rings. The largest absolute Gasteiger partial charge is 0.367 e. The predicted octanol–water partition coefficient (Wildman–Crippen LogP) is 3.66. The number of rotatable bonds is 5. The Bertz CT molecular complexity index is 709. The maximum Gasteiger partial charge on any atom is 0.228 e. The van der Waals surface area contributed by atoms with E-state index in [1.165, 1.54) is 0 Å². The smallest absolute Gasteiger partial charge is 0.228 e. The van der Waals surface area contributed by atoms with Crippen LogP contribution < -0.4 is 10.2 Å². The highest BCUT2D eigenvalue weighted by molar-refractivity contribution is 6.30. The molecule has 0 atom stereocenters. The maximum atomic E-state index is 12.4. The number of amides is 1. The first-order valence-electron chi connectivity index (χ1n) is 8.76. The molecule has 4 nitrogen and oxygen atoms in total. The molecule has 25 heavy (non-hydrogen) atoms. The molecule has 1 heterocycles. The van der Waals surface area contributed by atoms with Gasteiger partial charge >= 0.3 is 0 Å². The van der Waals surface area contributed by atoms with Gasteiger partial charge in [-0.05, 0) is 36.4 Å². The number of anilines is 2. The van der Waals surface area contributed by atoms with E-state index in [0.717, 1.165) is 49.7 Å². The first-order chi connectivity index (χ1) is 12.2. The number of carbonyl (C=O) groups excluding carboxylic acids is 1. The molecule has 1 aliphatic heterocycles. The van der Waals surface area contributed by atoms with Crippen molar-refractivity contribution >= 4 is 28.9 Å². The first-order valence-corrected chi connectivity index (χ1v) is 9.14. The molecule has 0 spiro atoms. The summed E-state index contributed by atoms with van der Waals surface area (Å²) in [6.45, 7) is 7.37. The number of hydrogen-bond acceptors (Lipinski definition) is 3. The Morgan fingerprint density at radius 2 is 1.72 bits per heavy atom. The summed E-state index contributed by atoms with van der Waals surface area (Å²) in [7, 11) is 0. The molecule has 0 saturated carbocycles. The molecule has 1 amide bonds. The van der Waals surface area contributed by atoms with Gasteiger partial charge in [0.25, 0.3) is 0 Å². The van der Waals surface area contributed by atoms with Crippen molar-refractivity contribution in [1.29, 1.82) is 0 Å². The number of hydrogen-bond donors (Lipinski definition) is 1. The summed E-state index contributed by atoms with van der Waals surface area (Å²) in [5, 5.41) is 3.75. The molecular weight excluding hydrogens is 334 g/mol. The Balaban J connectivity index is 1.66. The van der Waals surface area contributed by atoms with Crippen molar-refractivity contribution in [3.63, 3.8) is 0 Å². The third-order valence-corrected chi connectivity index (χ3v) is 4.87. The van der Waals surface area contributed by atoms with Gasteiger partial charge in [0, 0.05) is 31.2 Å². The third kappa shape index (κ3) is 4.74. The number of likely N-dealkylation sites (N-methyl/N-ethyl adjacent to an activating group) is 1. The fraction of sp³-hybridized carbons (Fsp3) is 0.350. The molecular formula is C20H24ClN3O. The highest BCUT2D eigenvalue weighted by atomic mass is 35.5. The van der Waals surface area contributed by atoms with Crippen molar-refractivity contribution in [2.75, 3.05) is 42.9 Å². The van der Waals surface area contributed by atoms with Gasteiger partial charge in [-0.15, -0.1) is 0 Å². The zero-order valence-corrected chi connectivity index (χ0v) is 15.3. The number of para-hydroxylation sites is 2. The lowest BCUT2D eigenvalue weighted by Gasteiger charge is -2.36. The summed E-state index contributed by atoms with van der Waals surface area (Å²) < 4.78 is 0. The van der Waals surface area contributed by atoms with Gasteiger partial charge in [0.1, 0.15) is 0 Å². The molecule has 1 N–H and O–H groups in total. The van der Waals surface area contributed by atoms with E-state index >= 15 is 0 Å². The van der Waals surface area contributed by atoms with Gasteiger partial charge in [0.05, 0.1) is 17.8 Å². The number of benzene rings is 2. The fourth-order valence-electron chi connectivity index (χ4n) is 3.14. The van der Waals surface area contributed by atoms with E-state index in [1.807, 2.05) is 42.5 Å². The molecule has 1 saturated heterocycles. The van der Waals surface area contributed by atoms with Gasteiger partial charge in [-0.1, -0.05) is 42.8 Å². The van der Waals surface area contributed by atoms with Gasteiger partial charge in [0.2, 0.25) is 5.91 Å². The second kappa shape index (κ2) is 8.37. The summed E-state index contributed by atoms with van der Waals surface area (Å²) in [6, 6.07) is 15.4. The molecule has 0 bridgehead atoms. The Labute approximate surface area is 154 Å². The van der Waals surface area contributed by atoms with Gasteiger partial charge < -0.3 is 15.1 Å². The Hall–Kier alpha value is -2.04. The molecule has 0 aromatic heterocycles. The zero-order valence-electron chi connectivity index (χ0n) is 14.5. The van der Waals surface area contributed by atoms with Crippen molar-refractivity contribution in [1.82, 2.24) is 4.90 Å². The van der Waals surface area contributed by atoms with E-state index in [-0.39, 0.29) is 5.91 Å². The van der Waals surface area contributed by atoms with E-state index in [2.05, 4.69) is 28.1 Å². The topological polar surface area (TPSA) is 35.6 Å². The van der Waals surface area contributed by atoms with Gasteiger partial charge in [-0.2, -0.15) is 0 Å². The average Bonchev–Trinajstić information content (AvgIpc) is 2.64. The third-order valence-electron chi connectivity index (χ3n) is 4.62. The standard InChI is InChI=1S/C20H24ClN3O/c1-2-23-11-13-24(14-12-23)19-6-4-3-5-18(19)22-20(25)15-16-7-9-17(21)10-8-16/h3-10H,2,11-15H2,1H3,(H,22,25). The van der Waals surface area contributed by atoms with E-state index in [0.29, 0.717) is 11.4 Å². The lowest BCUT2D eigenvalue weighted by Crippen LogP contribution is -2.46. The summed E-state index contributed by atoms with van der Waals surface area (Å²) in [5.41, 5.74) is 2.94. The van der Waals surface area contributed by atoms with Crippen LogP contribution in [0, 0.1) is 0 Å². The highest BCUT2D eigenvalue weighted by Crippen LogP contribution is 2.26. The van der Waals surface area contributed by atoms with Crippen LogP contribution in [0.15, 0.2) is 48.5 Å². The minimum atomic E-state index is -0.0121. The van der Waals surface area contributed by atoms with Gasteiger partial charge in [0.15, 0.2) is 0 Å². The van der Waals surface area contributed by atoms with E-state index < -0.39 is 0 Å². The van der Waals surface area contributed by atoms with Crippen molar-refractivity contribution in [3.05, 3.63) is 59.1 Å². The molecule has 3 rings (SSSR count). The summed E-state index contributed by atoms with van der Waals surface area (Å²) in [5.74, 6) is -0.0121. The van der Waals surface area contributed by atoms with Crippen LogP contribution in [-0.4, -0.2) is 43.5 Å². The minimum absolute atomic E-state index is 0.0121. The zero-order chi connectivity index (χ0) is 17.6. The number of halogens is 1. The van der Waals surface area contributed by atoms with Crippen LogP contribution in [0.25, 0.3) is 0 Å². The van der Waals surface area contributed by atoms with Crippen LogP contribution in [0.3, 0.4) is 0 Å². The van der Waals surface area contributed by atoms with Gasteiger partial charge in [-0.3, -0.25) is 4.79 Å². The normalized spacial score (nSPS) is 15.2. The monoisotopic (exact) mass is 357 g/mol. The van der Waals surface area contributed by atoms with Crippen molar-refractivity contribution in [2.24, 2.45) is 0 Å². The van der Waals surface area contributed by atoms with Crippen LogP contribution in [0.4, 0.5) is 11.4 Å². The first kappa shape index (κ1) is 17.8. The number of nitrogens with zero attached hydrogens (tertiary/aromatic N) is 2. The van der Waals surface area contributed by atoms with Gasteiger partial charge in [-0.25, -0.2) is 0 Å². The quantitative estimate of drug-likeness (QED) is 0.887. The fourth-order valence-corrected chi connectivity index (χ4v) is 3.27. The Morgan fingerprint density at radius 1 is 1.04 bits per heavy atom. The molecule has 1 aliphatic rings. The summed E-state index contributed by atoms with van der Waals surface area (Å²) in [6.07, 6.45) is 0.342. The average molecular weight is 358 g/mol. The molecule has 5 heteroatoms. The molecule has 2 aromatic carbocycles. The van der Waals surface area contributed by atoms with E-state index in [4.69, 9.17) is 11.6 Å². The number of piperazine rings is 1. The van der Waals surface area contributed by atoms with Crippen molar-refractivity contribution in [3.8, 4) is 0 Å².